The lowest BCUT2D eigenvalue weighted by molar-refractivity contribution is -0.118. The molecule has 0 saturated carbocycles. The molecular formula is C17H15BrFNO4. The molecule has 5 nitrogen and oxygen atoms in total. The Labute approximate surface area is 146 Å². The molecule has 1 N–H and O–H groups in total. The zero-order valence-electron chi connectivity index (χ0n) is 12.7. The highest BCUT2D eigenvalue weighted by Gasteiger charge is 2.12. The number of carbonyl (C=O) groups is 1. The van der Waals surface area contributed by atoms with E-state index in [9.17, 15) is 9.18 Å². The van der Waals surface area contributed by atoms with Gasteiger partial charge in [0.05, 0.1) is 13.2 Å². The maximum atomic E-state index is 13.6. The zero-order chi connectivity index (χ0) is 16.9. The maximum Gasteiger partial charge on any atom is 0.262 e. The predicted molar refractivity (Wildman–Crippen MR) is 90.3 cm³/mol. The van der Waals surface area contributed by atoms with Crippen molar-refractivity contribution in [1.82, 2.24) is 0 Å². The van der Waals surface area contributed by atoms with Gasteiger partial charge in [0.25, 0.3) is 5.91 Å². The first-order valence-electron chi connectivity index (χ1n) is 7.39. The van der Waals surface area contributed by atoms with E-state index in [0.29, 0.717) is 34.9 Å². The Morgan fingerprint density at radius 2 is 1.96 bits per heavy atom. The summed E-state index contributed by atoms with van der Waals surface area (Å²) in [5, 5.41) is 2.68. The molecule has 24 heavy (non-hydrogen) atoms. The molecule has 0 atom stereocenters. The summed E-state index contributed by atoms with van der Waals surface area (Å²) in [5.74, 6) is 0.329. The Morgan fingerprint density at radius 1 is 1.17 bits per heavy atom. The van der Waals surface area contributed by atoms with E-state index in [-0.39, 0.29) is 12.4 Å². The third-order valence-corrected chi connectivity index (χ3v) is 3.78. The van der Waals surface area contributed by atoms with E-state index < -0.39 is 11.7 Å². The molecule has 0 spiro atoms. The summed E-state index contributed by atoms with van der Waals surface area (Å²) < 4.78 is 30.5. The van der Waals surface area contributed by atoms with Gasteiger partial charge in [-0.3, -0.25) is 4.79 Å². The van der Waals surface area contributed by atoms with Gasteiger partial charge in [0.15, 0.2) is 29.7 Å². The molecular weight excluding hydrogens is 381 g/mol. The molecule has 0 fully saturated rings. The molecule has 126 valence electrons. The minimum absolute atomic E-state index is 0.0204. The van der Waals surface area contributed by atoms with Crippen LogP contribution in [-0.4, -0.2) is 25.7 Å². The highest BCUT2D eigenvalue weighted by molar-refractivity contribution is 9.10. The van der Waals surface area contributed by atoms with E-state index >= 15 is 0 Å². The van der Waals surface area contributed by atoms with Gasteiger partial charge in [-0.25, -0.2) is 4.39 Å². The Balaban J connectivity index is 1.59. The summed E-state index contributed by atoms with van der Waals surface area (Å²) in [7, 11) is 0. The van der Waals surface area contributed by atoms with Crippen LogP contribution in [0, 0.1) is 5.82 Å². The molecule has 7 heteroatoms. The maximum absolute atomic E-state index is 13.6. The first-order valence-corrected chi connectivity index (χ1v) is 8.18. The summed E-state index contributed by atoms with van der Waals surface area (Å²) in [5.41, 5.74) is 0.559. The van der Waals surface area contributed by atoms with E-state index in [2.05, 4.69) is 21.2 Å². The first kappa shape index (κ1) is 16.6. The summed E-state index contributed by atoms with van der Waals surface area (Å²) >= 11 is 3.16. The summed E-state index contributed by atoms with van der Waals surface area (Å²) in [6, 6.07) is 9.52. The van der Waals surface area contributed by atoms with Gasteiger partial charge in [-0.15, -0.1) is 0 Å². The van der Waals surface area contributed by atoms with Crippen molar-refractivity contribution in [2.45, 2.75) is 6.42 Å². The van der Waals surface area contributed by atoms with Crippen molar-refractivity contribution in [1.29, 1.82) is 0 Å². The number of amides is 1. The van der Waals surface area contributed by atoms with Crippen molar-refractivity contribution >= 4 is 27.5 Å². The fourth-order valence-corrected chi connectivity index (χ4v) is 2.51. The number of hydrogen-bond donors (Lipinski definition) is 1. The molecule has 1 amide bonds. The van der Waals surface area contributed by atoms with Crippen molar-refractivity contribution in [2.75, 3.05) is 25.1 Å². The van der Waals surface area contributed by atoms with Gasteiger partial charge in [0, 0.05) is 22.6 Å². The average Bonchev–Trinajstić information content (AvgIpc) is 2.79. The zero-order valence-corrected chi connectivity index (χ0v) is 14.3. The van der Waals surface area contributed by atoms with Crippen molar-refractivity contribution in [2.24, 2.45) is 0 Å². The molecule has 1 aliphatic heterocycles. The second-order valence-corrected chi connectivity index (χ2v) is 6.04. The van der Waals surface area contributed by atoms with E-state index in [1.165, 1.54) is 12.1 Å². The molecule has 1 aliphatic rings. The molecule has 0 bridgehead atoms. The Kier molecular flexibility index (Phi) is 5.20. The second-order valence-electron chi connectivity index (χ2n) is 5.12. The highest BCUT2D eigenvalue weighted by Crippen LogP contribution is 2.32. The van der Waals surface area contributed by atoms with Crippen LogP contribution in [0.25, 0.3) is 0 Å². The molecule has 0 radical (unpaired) electrons. The first-order chi connectivity index (χ1) is 11.6. The van der Waals surface area contributed by atoms with Crippen LogP contribution in [0.2, 0.25) is 0 Å². The quantitative estimate of drug-likeness (QED) is 0.855. The van der Waals surface area contributed by atoms with E-state index in [1.807, 2.05) is 0 Å². The van der Waals surface area contributed by atoms with Crippen LogP contribution in [0.4, 0.5) is 10.1 Å². The van der Waals surface area contributed by atoms with Crippen LogP contribution in [0.3, 0.4) is 0 Å². The smallest absolute Gasteiger partial charge is 0.262 e. The fourth-order valence-electron chi connectivity index (χ4n) is 2.17. The predicted octanol–water partition coefficient (Wildman–Crippen LogP) is 3.77. The van der Waals surface area contributed by atoms with Gasteiger partial charge in [-0.05, 0) is 30.3 Å². The minimum Gasteiger partial charge on any atom is -0.490 e. The van der Waals surface area contributed by atoms with Crippen molar-refractivity contribution in [3.05, 3.63) is 46.7 Å². The molecule has 0 aromatic heterocycles. The van der Waals surface area contributed by atoms with Crippen molar-refractivity contribution in [3.8, 4) is 17.2 Å². The van der Waals surface area contributed by atoms with Crippen molar-refractivity contribution in [3.63, 3.8) is 0 Å². The van der Waals surface area contributed by atoms with Crippen LogP contribution < -0.4 is 19.5 Å². The normalized spacial score (nSPS) is 13.1. The molecule has 0 unspecified atom stereocenters. The fraction of sp³-hybridized carbons (Fsp3) is 0.235. The highest BCUT2D eigenvalue weighted by atomic mass is 79.9. The second kappa shape index (κ2) is 7.53. The number of hydrogen-bond acceptors (Lipinski definition) is 4. The van der Waals surface area contributed by atoms with Crippen LogP contribution in [-0.2, 0) is 4.79 Å². The summed E-state index contributed by atoms with van der Waals surface area (Å²) in [6.45, 7) is 0.870. The number of benzene rings is 2. The molecule has 2 aromatic rings. The minimum atomic E-state index is -0.534. The molecule has 3 rings (SSSR count). The number of nitrogens with one attached hydrogen (secondary N) is 1. The van der Waals surface area contributed by atoms with Gasteiger partial charge in [-0.1, -0.05) is 15.9 Å². The van der Waals surface area contributed by atoms with Crippen molar-refractivity contribution < 1.29 is 23.4 Å². The van der Waals surface area contributed by atoms with Gasteiger partial charge < -0.3 is 19.5 Å². The SMILES string of the molecule is O=C(COc1ccc(Br)cc1F)Nc1ccc2c(c1)OCCCO2. The standard InChI is InChI=1S/C17H15BrFNO4/c18-11-2-4-14(13(19)8-11)24-10-17(21)20-12-3-5-15-16(9-12)23-7-1-6-22-15/h2-5,8-9H,1,6-7,10H2,(H,20,21). The Bertz CT molecular complexity index is 753. The van der Waals surface area contributed by atoms with E-state index in [0.717, 1.165) is 6.42 Å². The number of carbonyl (C=O) groups excluding carboxylic acids is 1. The van der Waals surface area contributed by atoms with Crippen LogP contribution in [0.1, 0.15) is 6.42 Å². The monoisotopic (exact) mass is 395 g/mol. The lowest BCUT2D eigenvalue weighted by atomic mass is 10.2. The number of fused-ring (bicyclic) bond motifs is 1. The van der Waals surface area contributed by atoms with E-state index in [4.69, 9.17) is 14.2 Å². The number of anilines is 1. The lowest BCUT2D eigenvalue weighted by Crippen LogP contribution is -2.20. The summed E-state index contributed by atoms with van der Waals surface area (Å²) in [4.78, 5) is 12.0. The molecule has 0 saturated heterocycles. The topological polar surface area (TPSA) is 56.8 Å². The molecule has 0 aliphatic carbocycles. The van der Waals surface area contributed by atoms with Crippen LogP contribution in [0.15, 0.2) is 40.9 Å². The van der Waals surface area contributed by atoms with Gasteiger partial charge in [0.2, 0.25) is 0 Å². The third-order valence-electron chi connectivity index (χ3n) is 3.28. The van der Waals surface area contributed by atoms with Gasteiger partial charge in [0.1, 0.15) is 0 Å². The Hall–Kier alpha value is -2.28. The largest absolute Gasteiger partial charge is 0.490 e. The average molecular weight is 396 g/mol. The lowest BCUT2D eigenvalue weighted by Gasteiger charge is -2.11. The number of ether oxygens (including phenoxy) is 3. The van der Waals surface area contributed by atoms with Gasteiger partial charge >= 0.3 is 0 Å². The molecule has 2 aromatic carbocycles. The Morgan fingerprint density at radius 3 is 2.75 bits per heavy atom. The van der Waals surface area contributed by atoms with Crippen LogP contribution in [0.5, 0.6) is 17.2 Å². The molecule has 1 heterocycles. The summed E-state index contributed by atoms with van der Waals surface area (Å²) in [6.07, 6.45) is 0.808. The van der Waals surface area contributed by atoms with E-state index in [1.54, 1.807) is 24.3 Å². The van der Waals surface area contributed by atoms with Gasteiger partial charge in [-0.2, -0.15) is 0 Å². The number of rotatable bonds is 4. The van der Waals surface area contributed by atoms with Crippen LogP contribution >= 0.6 is 15.9 Å². The third kappa shape index (κ3) is 4.17. The number of halogens is 2.